The van der Waals surface area contributed by atoms with Crippen molar-refractivity contribution in [3.8, 4) is 0 Å². The van der Waals surface area contributed by atoms with Crippen molar-refractivity contribution in [3.63, 3.8) is 0 Å². The fourth-order valence-electron chi connectivity index (χ4n) is 4.84. The number of aryl methyl sites for hydroxylation is 1. The van der Waals surface area contributed by atoms with Gasteiger partial charge >= 0.3 is 0 Å². The second kappa shape index (κ2) is 12.8. The predicted molar refractivity (Wildman–Crippen MR) is 141 cm³/mol. The number of nitrogens with one attached hydrogen (secondary N) is 2. The molecule has 0 bridgehead atoms. The molecule has 10 heteroatoms. The molecule has 2 N–H and O–H groups in total. The summed E-state index contributed by atoms with van der Waals surface area (Å²) in [6.45, 7) is 5.93. The van der Waals surface area contributed by atoms with Crippen molar-refractivity contribution < 1.29 is 23.9 Å². The van der Waals surface area contributed by atoms with Crippen LogP contribution < -0.4 is 15.5 Å². The number of anilines is 1. The maximum atomic E-state index is 12.9. The Morgan fingerprint density at radius 2 is 1.95 bits per heavy atom. The highest BCUT2D eigenvalue weighted by Gasteiger charge is 2.37. The molecule has 9 nitrogen and oxygen atoms in total. The van der Waals surface area contributed by atoms with Crippen LogP contribution in [-0.2, 0) is 38.6 Å². The third kappa shape index (κ3) is 6.56. The predicted octanol–water partition coefficient (Wildman–Crippen LogP) is 2.62. The molecule has 0 radical (unpaired) electrons. The highest BCUT2D eigenvalue weighted by Crippen LogP contribution is 2.33. The summed E-state index contributed by atoms with van der Waals surface area (Å²) in [6.07, 6.45) is 3.53. The lowest BCUT2D eigenvalue weighted by atomic mass is 10.1. The average molecular weight is 527 g/mol. The number of benzene rings is 1. The second-order valence-corrected chi connectivity index (χ2v) is 10.3. The molecule has 1 unspecified atom stereocenters. The van der Waals surface area contributed by atoms with Crippen LogP contribution in [0.15, 0.2) is 29.6 Å². The van der Waals surface area contributed by atoms with Crippen LogP contribution in [0.5, 0.6) is 0 Å². The summed E-state index contributed by atoms with van der Waals surface area (Å²) >= 11 is 1.45. The molecule has 3 heterocycles. The Labute approximate surface area is 221 Å². The Morgan fingerprint density at radius 1 is 1.19 bits per heavy atom. The first-order valence-electron chi connectivity index (χ1n) is 12.8. The van der Waals surface area contributed by atoms with Gasteiger partial charge in [0.15, 0.2) is 0 Å². The normalized spacial score (nSPS) is 15.9. The van der Waals surface area contributed by atoms with E-state index in [0.717, 1.165) is 49.6 Å². The summed E-state index contributed by atoms with van der Waals surface area (Å²) in [5, 5.41) is 6.95. The number of fused-ring (bicyclic) bond motifs is 1. The number of rotatable bonds is 12. The smallest absolute Gasteiger partial charge is 0.256 e. The van der Waals surface area contributed by atoms with E-state index in [-0.39, 0.29) is 11.8 Å². The van der Waals surface area contributed by atoms with Gasteiger partial charge in [0, 0.05) is 42.0 Å². The van der Waals surface area contributed by atoms with Crippen LogP contribution >= 0.6 is 11.3 Å². The molecule has 1 aromatic carbocycles. The van der Waals surface area contributed by atoms with Crippen molar-refractivity contribution in [2.45, 2.75) is 58.2 Å². The molecule has 1 saturated heterocycles. The minimum Gasteiger partial charge on any atom is -0.378 e. The third-order valence-electron chi connectivity index (χ3n) is 6.87. The van der Waals surface area contributed by atoms with E-state index in [1.165, 1.54) is 27.5 Å². The Balaban J connectivity index is 1.24. The van der Waals surface area contributed by atoms with E-state index in [1.54, 1.807) is 5.38 Å². The van der Waals surface area contributed by atoms with E-state index < -0.39 is 11.9 Å². The highest BCUT2D eigenvalue weighted by atomic mass is 32.1. The second-order valence-electron chi connectivity index (χ2n) is 9.31. The number of ether oxygens (including phenoxy) is 1. The fraction of sp³-hybridized carbons (Fsp3) is 0.481. The lowest BCUT2D eigenvalue weighted by Crippen LogP contribution is -2.46. The molecule has 1 atom stereocenters. The van der Waals surface area contributed by atoms with Crippen LogP contribution in [0, 0.1) is 0 Å². The standard InChI is InChI=1S/C27H34N4O5S/c1-2-4-23(26(34)29-18-32)31-16-21-22(27(31)35)17-37-24(21)15-28-25(33)6-3-5-19-7-9-20(10-8-19)30-11-13-36-14-12-30/h7-10,17-18,23H,2-6,11-16H2,1H3,(H,28,33)(H,29,32,34). The van der Waals surface area contributed by atoms with Crippen molar-refractivity contribution in [2.75, 3.05) is 31.2 Å². The van der Waals surface area contributed by atoms with Crippen molar-refractivity contribution in [2.24, 2.45) is 0 Å². The largest absolute Gasteiger partial charge is 0.378 e. The quantitative estimate of drug-likeness (QED) is 0.412. The van der Waals surface area contributed by atoms with E-state index in [1.807, 2.05) is 6.92 Å². The number of hydrogen-bond donors (Lipinski definition) is 2. The fourth-order valence-corrected chi connectivity index (χ4v) is 5.82. The van der Waals surface area contributed by atoms with Crippen LogP contribution in [0.4, 0.5) is 5.69 Å². The molecule has 4 rings (SSSR count). The molecule has 37 heavy (non-hydrogen) atoms. The first kappa shape index (κ1) is 26.8. The van der Waals surface area contributed by atoms with Gasteiger partial charge in [0.2, 0.25) is 18.2 Å². The number of hydrogen-bond acceptors (Lipinski definition) is 7. The number of morpholine rings is 1. The molecule has 0 aliphatic carbocycles. The molecule has 4 amide bonds. The maximum absolute atomic E-state index is 12.9. The van der Waals surface area contributed by atoms with Crippen LogP contribution in [0.1, 0.15) is 59.0 Å². The first-order valence-corrected chi connectivity index (χ1v) is 13.7. The zero-order valence-electron chi connectivity index (χ0n) is 21.2. The lowest BCUT2D eigenvalue weighted by molar-refractivity contribution is -0.129. The first-order chi connectivity index (χ1) is 18.0. The van der Waals surface area contributed by atoms with Crippen LogP contribution in [-0.4, -0.2) is 61.4 Å². The van der Waals surface area contributed by atoms with Gasteiger partial charge < -0.3 is 19.9 Å². The Morgan fingerprint density at radius 3 is 2.65 bits per heavy atom. The van der Waals surface area contributed by atoms with Gasteiger partial charge in [-0.1, -0.05) is 25.5 Å². The molecule has 2 aliphatic rings. The van der Waals surface area contributed by atoms with Gasteiger partial charge in [-0.3, -0.25) is 24.5 Å². The molecular formula is C27H34N4O5S. The molecular weight excluding hydrogens is 492 g/mol. The van der Waals surface area contributed by atoms with Crippen LogP contribution in [0.2, 0.25) is 0 Å². The van der Waals surface area contributed by atoms with Crippen LogP contribution in [0.3, 0.4) is 0 Å². The monoisotopic (exact) mass is 526 g/mol. The molecule has 1 fully saturated rings. The third-order valence-corrected chi connectivity index (χ3v) is 7.90. The Bertz CT molecular complexity index is 1110. The minimum absolute atomic E-state index is 0.0255. The van der Waals surface area contributed by atoms with Gasteiger partial charge in [-0.15, -0.1) is 11.3 Å². The van der Waals surface area contributed by atoms with Crippen molar-refractivity contribution in [3.05, 3.63) is 51.2 Å². The molecule has 0 saturated carbocycles. The van der Waals surface area contributed by atoms with Crippen molar-refractivity contribution >= 4 is 41.2 Å². The van der Waals surface area contributed by atoms with E-state index in [9.17, 15) is 19.2 Å². The molecule has 1 aromatic heterocycles. The van der Waals surface area contributed by atoms with Gasteiger partial charge in [-0.05, 0) is 42.5 Å². The minimum atomic E-state index is -0.689. The summed E-state index contributed by atoms with van der Waals surface area (Å²) < 4.78 is 5.41. The highest BCUT2D eigenvalue weighted by molar-refractivity contribution is 7.10. The number of nitrogens with zero attached hydrogens (tertiary/aromatic N) is 2. The number of amides is 4. The number of imide groups is 1. The lowest BCUT2D eigenvalue weighted by Gasteiger charge is -2.28. The average Bonchev–Trinajstić information content (AvgIpc) is 3.46. The zero-order chi connectivity index (χ0) is 26.2. The summed E-state index contributed by atoms with van der Waals surface area (Å²) in [5.41, 5.74) is 3.85. The molecule has 198 valence electrons. The van der Waals surface area contributed by atoms with E-state index in [2.05, 4.69) is 39.8 Å². The van der Waals surface area contributed by atoms with E-state index in [0.29, 0.717) is 44.3 Å². The topological polar surface area (TPSA) is 108 Å². The summed E-state index contributed by atoms with van der Waals surface area (Å²) in [5.74, 6) is -0.699. The van der Waals surface area contributed by atoms with E-state index in [4.69, 9.17) is 4.74 Å². The summed E-state index contributed by atoms with van der Waals surface area (Å²) in [4.78, 5) is 53.2. The number of carbonyl (C=O) groups is 4. The van der Waals surface area contributed by atoms with Gasteiger partial charge in [0.25, 0.3) is 5.91 Å². The number of carbonyl (C=O) groups excluding carboxylic acids is 4. The van der Waals surface area contributed by atoms with Crippen molar-refractivity contribution in [1.29, 1.82) is 0 Å². The molecule has 2 aliphatic heterocycles. The summed E-state index contributed by atoms with van der Waals surface area (Å²) in [6, 6.07) is 7.83. The zero-order valence-corrected chi connectivity index (χ0v) is 22.0. The van der Waals surface area contributed by atoms with Crippen LogP contribution in [0.25, 0.3) is 0 Å². The Kier molecular flexibility index (Phi) is 9.29. The van der Waals surface area contributed by atoms with Gasteiger partial charge in [0.05, 0.1) is 25.3 Å². The van der Waals surface area contributed by atoms with Gasteiger partial charge in [-0.2, -0.15) is 0 Å². The summed E-state index contributed by atoms with van der Waals surface area (Å²) in [7, 11) is 0. The van der Waals surface area contributed by atoms with E-state index >= 15 is 0 Å². The molecule has 2 aromatic rings. The number of thiophene rings is 1. The van der Waals surface area contributed by atoms with Gasteiger partial charge in [-0.25, -0.2) is 0 Å². The van der Waals surface area contributed by atoms with Gasteiger partial charge in [0.1, 0.15) is 6.04 Å². The Hall–Kier alpha value is -3.24. The molecule has 0 spiro atoms. The SMILES string of the molecule is CCCC(C(=O)NC=O)N1Cc2c(csc2CNC(=O)CCCc2ccc(N3CCOCC3)cc2)C1=O. The maximum Gasteiger partial charge on any atom is 0.256 e. The van der Waals surface area contributed by atoms with Crippen molar-refractivity contribution in [1.82, 2.24) is 15.5 Å².